The molecule has 4 rings (SSSR count). The minimum atomic E-state index is -0.514. The minimum Gasteiger partial charge on any atom is -0.379 e. The van der Waals surface area contributed by atoms with Gasteiger partial charge in [-0.15, -0.1) is 11.3 Å². The lowest BCUT2D eigenvalue weighted by Gasteiger charge is -2.26. The van der Waals surface area contributed by atoms with Crippen molar-refractivity contribution in [2.75, 3.05) is 31.6 Å². The molecule has 10 heteroatoms. The third-order valence-electron chi connectivity index (χ3n) is 4.17. The Labute approximate surface area is 159 Å². The number of ether oxygens (including phenoxy) is 1. The topological polar surface area (TPSA) is 122 Å². The Kier molecular flexibility index (Phi) is 5.10. The minimum absolute atomic E-state index is 0.389. The number of carbonyl (C=O) groups is 1. The van der Waals surface area contributed by atoms with Gasteiger partial charge in [-0.2, -0.15) is 5.10 Å². The highest BCUT2D eigenvalue weighted by atomic mass is 32.1. The van der Waals surface area contributed by atoms with Crippen LogP contribution in [0.15, 0.2) is 30.6 Å². The molecule has 0 bridgehead atoms. The van der Waals surface area contributed by atoms with Gasteiger partial charge in [-0.3, -0.25) is 14.8 Å². The summed E-state index contributed by atoms with van der Waals surface area (Å²) in [6.45, 7) is 4.05. The van der Waals surface area contributed by atoms with Crippen molar-refractivity contribution in [2.24, 2.45) is 5.73 Å². The number of hydrogen-bond donors (Lipinski definition) is 3. The second-order valence-corrected chi connectivity index (χ2v) is 7.12. The number of nitrogens with zero attached hydrogens (tertiary/aromatic N) is 4. The summed E-state index contributed by atoms with van der Waals surface area (Å²) in [4.78, 5) is 23.7. The van der Waals surface area contributed by atoms with Crippen LogP contribution in [0.25, 0.3) is 10.7 Å². The summed E-state index contributed by atoms with van der Waals surface area (Å²) in [7, 11) is 0. The molecule has 1 aliphatic heterocycles. The number of H-pyrrole nitrogens is 1. The van der Waals surface area contributed by atoms with E-state index < -0.39 is 5.91 Å². The fourth-order valence-electron chi connectivity index (χ4n) is 2.85. The summed E-state index contributed by atoms with van der Waals surface area (Å²) < 4.78 is 5.38. The summed E-state index contributed by atoms with van der Waals surface area (Å²) in [5, 5.41) is 10.5. The average molecular weight is 385 g/mol. The Balaban J connectivity index is 1.55. The van der Waals surface area contributed by atoms with Crippen LogP contribution < -0.4 is 11.1 Å². The highest BCUT2D eigenvalue weighted by Gasteiger charge is 2.17. The third-order valence-corrected chi connectivity index (χ3v) is 5.22. The number of hydrogen-bond acceptors (Lipinski definition) is 8. The molecule has 1 fully saturated rings. The maximum Gasteiger partial charge on any atom is 0.251 e. The Morgan fingerprint density at radius 1 is 1.37 bits per heavy atom. The molecule has 1 aliphatic rings. The highest BCUT2D eigenvalue weighted by molar-refractivity contribution is 7.19. The Morgan fingerprint density at radius 2 is 2.22 bits per heavy atom. The number of morpholine rings is 1. The van der Waals surface area contributed by atoms with E-state index in [1.54, 1.807) is 6.07 Å². The fourth-order valence-corrected chi connectivity index (χ4v) is 3.86. The molecule has 27 heavy (non-hydrogen) atoms. The van der Waals surface area contributed by atoms with Crippen LogP contribution in [0, 0.1) is 0 Å². The first kappa shape index (κ1) is 17.6. The molecule has 0 saturated carbocycles. The molecule has 9 nitrogen and oxygen atoms in total. The predicted molar refractivity (Wildman–Crippen MR) is 102 cm³/mol. The molecule has 0 spiro atoms. The monoisotopic (exact) mass is 385 g/mol. The van der Waals surface area contributed by atoms with Gasteiger partial charge in [0.25, 0.3) is 5.91 Å². The number of thiophene rings is 1. The highest BCUT2D eigenvalue weighted by Crippen LogP contribution is 2.35. The largest absolute Gasteiger partial charge is 0.379 e. The van der Waals surface area contributed by atoms with Crippen molar-refractivity contribution in [3.8, 4) is 10.7 Å². The summed E-state index contributed by atoms with van der Waals surface area (Å²) in [6, 6.07) is 7.48. The van der Waals surface area contributed by atoms with E-state index in [2.05, 4.69) is 30.4 Å². The first-order chi connectivity index (χ1) is 13.2. The summed E-state index contributed by atoms with van der Waals surface area (Å²) in [5.74, 6) is 0.663. The van der Waals surface area contributed by atoms with Gasteiger partial charge in [-0.1, -0.05) is 6.07 Å². The van der Waals surface area contributed by atoms with Gasteiger partial charge >= 0.3 is 0 Å². The lowest BCUT2D eigenvalue weighted by molar-refractivity contribution is 0.0337. The molecular weight excluding hydrogens is 366 g/mol. The number of pyridine rings is 1. The second-order valence-electron chi connectivity index (χ2n) is 6.07. The molecule has 3 aromatic rings. The third kappa shape index (κ3) is 4.13. The van der Waals surface area contributed by atoms with Crippen molar-refractivity contribution in [3.63, 3.8) is 0 Å². The smallest absolute Gasteiger partial charge is 0.251 e. The van der Waals surface area contributed by atoms with Gasteiger partial charge in [0.1, 0.15) is 17.1 Å². The molecule has 0 aromatic carbocycles. The molecular formula is C17H19N7O2S. The van der Waals surface area contributed by atoms with E-state index in [1.165, 1.54) is 17.7 Å². The number of amides is 1. The molecule has 0 atom stereocenters. The molecule has 0 radical (unpaired) electrons. The zero-order valence-electron chi connectivity index (χ0n) is 14.5. The van der Waals surface area contributed by atoms with Crippen LogP contribution in [0.4, 0.5) is 10.8 Å². The molecule has 1 saturated heterocycles. The van der Waals surface area contributed by atoms with Gasteiger partial charge in [-0.25, -0.2) is 9.97 Å². The van der Waals surface area contributed by atoms with Crippen LogP contribution in [-0.4, -0.2) is 57.3 Å². The summed E-state index contributed by atoms with van der Waals surface area (Å²) >= 11 is 1.36. The predicted octanol–water partition coefficient (Wildman–Crippen LogP) is 1.60. The molecule has 4 N–H and O–H groups in total. The molecule has 140 valence electrons. The SMILES string of the molecule is NC(=O)c1cc(-c2nc[nH]n2)sc1Nc1cccc(CN2CCOCC2)n1. The van der Waals surface area contributed by atoms with Crippen LogP contribution in [0.1, 0.15) is 16.1 Å². The van der Waals surface area contributed by atoms with Crippen molar-refractivity contribution in [3.05, 3.63) is 41.9 Å². The van der Waals surface area contributed by atoms with Crippen LogP contribution in [-0.2, 0) is 11.3 Å². The number of nitrogens with two attached hydrogens (primary N) is 1. The quantitative estimate of drug-likeness (QED) is 0.589. The van der Waals surface area contributed by atoms with Crippen molar-refractivity contribution in [1.29, 1.82) is 0 Å². The Morgan fingerprint density at radius 3 is 2.96 bits per heavy atom. The zero-order chi connectivity index (χ0) is 18.6. The Bertz CT molecular complexity index is 919. The molecule has 0 aliphatic carbocycles. The van der Waals surface area contributed by atoms with Crippen molar-refractivity contribution in [2.45, 2.75) is 6.54 Å². The van der Waals surface area contributed by atoms with Crippen molar-refractivity contribution < 1.29 is 9.53 Å². The van der Waals surface area contributed by atoms with E-state index in [4.69, 9.17) is 10.5 Å². The van der Waals surface area contributed by atoms with Gasteiger partial charge in [0.05, 0.1) is 29.3 Å². The van der Waals surface area contributed by atoms with Crippen molar-refractivity contribution in [1.82, 2.24) is 25.1 Å². The first-order valence-corrected chi connectivity index (χ1v) is 9.33. The summed E-state index contributed by atoms with van der Waals surface area (Å²) in [6.07, 6.45) is 1.49. The standard InChI is InChI=1S/C17H19N7O2S/c18-15(25)12-8-13(16-19-10-20-23-16)27-17(12)22-14-3-1-2-11(21-14)9-24-4-6-26-7-5-24/h1-3,8,10H,4-7,9H2,(H2,18,25)(H,21,22)(H,19,20,23). The van der Waals surface area contributed by atoms with Gasteiger partial charge in [-0.05, 0) is 18.2 Å². The lowest BCUT2D eigenvalue weighted by atomic mass is 10.2. The summed E-state index contributed by atoms with van der Waals surface area (Å²) in [5.41, 5.74) is 6.87. The maximum absolute atomic E-state index is 11.8. The number of anilines is 2. The number of nitrogens with one attached hydrogen (secondary N) is 2. The van der Waals surface area contributed by atoms with Gasteiger partial charge in [0.15, 0.2) is 5.82 Å². The zero-order valence-corrected chi connectivity index (χ0v) is 15.3. The number of aromatic nitrogens is 4. The average Bonchev–Trinajstić information content (AvgIpc) is 3.32. The number of carbonyl (C=O) groups excluding carboxylic acids is 1. The normalized spacial score (nSPS) is 15.0. The molecule has 1 amide bonds. The molecule has 4 heterocycles. The van der Waals surface area contributed by atoms with Gasteiger partial charge in [0, 0.05) is 19.6 Å². The van der Waals surface area contributed by atoms with Gasteiger partial charge in [0.2, 0.25) is 0 Å². The number of rotatable bonds is 6. The van der Waals surface area contributed by atoms with E-state index in [1.807, 2.05) is 18.2 Å². The maximum atomic E-state index is 11.8. The molecule has 0 unspecified atom stereocenters. The van der Waals surface area contributed by atoms with Crippen LogP contribution in [0.5, 0.6) is 0 Å². The van der Waals surface area contributed by atoms with E-state index >= 15 is 0 Å². The Hall–Kier alpha value is -2.82. The van der Waals surface area contributed by atoms with Crippen LogP contribution in [0.2, 0.25) is 0 Å². The lowest BCUT2D eigenvalue weighted by Crippen LogP contribution is -2.35. The van der Waals surface area contributed by atoms with E-state index in [0.717, 1.165) is 43.4 Å². The van der Waals surface area contributed by atoms with Crippen molar-refractivity contribution >= 4 is 28.1 Å². The first-order valence-electron chi connectivity index (χ1n) is 8.52. The van der Waals surface area contributed by atoms with E-state index in [0.29, 0.717) is 22.2 Å². The number of aromatic amines is 1. The van der Waals surface area contributed by atoms with Crippen LogP contribution in [0.3, 0.4) is 0 Å². The van der Waals surface area contributed by atoms with E-state index in [-0.39, 0.29) is 0 Å². The van der Waals surface area contributed by atoms with Gasteiger partial charge < -0.3 is 15.8 Å². The second kappa shape index (κ2) is 7.82. The fraction of sp³-hybridized carbons (Fsp3) is 0.294. The number of primary amides is 1. The van der Waals surface area contributed by atoms with E-state index in [9.17, 15) is 4.79 Å². The molecule has 3 aromatic heterocycles. The van der Waals surface area contributed by atoms with Crippen LogP contribution >= 0.6 is 11.3 Å².